The van der Waals surface area contributed by atoms with E-state index in [-0.39, 0.29) is 12.0 Å². The van der Waals surface area contributed by atoms with Crippen LogP contribution in [0.1, 0.15) is 6.42 Å². The maximum absolute atomic E-state index is 11.5. The molecule has 3 fully saturated rings. The number of hydrogen-bond acceptors (Lipinski definition) is 3. The summed E-state index contributed by atoms with van der Waals surface area (Å²) < 4.78 is 0. The van der Waals surface area contributed by atoms with E-state index in [1.54, 1.807) is 7.05 Å². The molecule has 3 atom stereocenters. The summed E-state index contributed by atoms with van der Waals surface area (Å²) in [5.41, 5.74) is 0. The van der Waals surface area contributed by atoms with Crippen LogP contribution in [0, 0.1) is 11.8 Å². The number of fused-ring (bicyclic) bond motifs is 2. The van der Waals surface area contributed by atoms with Gasteiger partial charge in [-0.25, -0.2) is 0 Å². The summed E-state index contributed by atoms with van der Waals surface area (Å²) in [5.74, 6) is 0.850. The van der Waals surface area contributed by atoms with Crippen molar-refractivity contribution < 1.29 is 9.90 Å². The van der Waals surface area contributed by atoms with Gasteiger partial charge in [0.15, 0.2) is 0 Å². The maximum atomic E-state index is 11.5. The minimum atomic E-state index is -0.140. The van der Waals surface area contributed by atoms with Crippen LogP contribution in [-0.4, -0.2) is 48.7 Å². The van der Waals surface area contributed by atoms with Gasteiger partial charge in [0.2, 0.25) is 5.91 Å². The molecule has 2 N–H and O–H groups in total. The monoisotopic (exact) mass is 184 g/mol. The fourth-order valence-electron chi connectivity index (χ4n) is 2.33. The smallest absolute Gasteiger partial charge is 0.236 e. The summed E-state index contributed by atoms with van der Waals surface area (Å²) in [5, 5.41) is 12.4. The van der Waals surface area contributed by atoms with Crippen molar-refractivity contribution in [1.29, 1.82) is 0 Å². The number of rotatable bonds is 2. The maximum Gasteiger partial charge on any atom is 0.236 e. The molecule has 2 bridgehead atoms. The van der Waals surface area contributed by atoms with E-state index in [0.29, 0.717) is 18.4 Å². The van der Waals surface area contributed by atoms with Crippen molar-refractivity contribution in [3.05, 3.63) is 0 Å². The Morgan fingerprint density at radius 2 is 2.15 bits per heavy atom. The normalized spacial score (nSPS) is 37.1. The molecule has 0 aromatic heterocycles. The molecule has 0 aromatic carbocycles. The molecule has 1 unspecified atom stereocenters. The quantitative estimate of drug-likeness (QED) is 0.581. The lowest BCUT2D eigenvalue weighted by Crippen LogP contribution is -2.60. The van der Waals surface area contributed by atoms with Gasteiger partial charge in [0, 0.05) is 24.9 Å². The minimum absolute atomic E-state index is 0.140. The number of aliphatic hydroxyl groups excluding tert-OH is 1. The number of nitrogens with zero attached hydrogens (tertiary/aromatic N) is 1. The number of hydrogen-bond donors (Lipinski definition) is 2. The average Bonchev–Trinajstić information content (AvgIpc) is 2.17. The van der Waals surface area contributed by atoms with Gasteiger partial charge in [0.05, 0.1) is 12.6 Å². The van der Waals surface area contributed by atoms with Gasteiger partial charge in [-0.2, -0.15) is 0 Å². The average molecular weight is 184 g/mol. The predicted octanol–water partition coefficient (Wildman–Crippen LogP) is -0.955. The van der Waals surface area contributed by atoms with Crippen LogP contribution in [0.3, 0.4) is 0 Å². The molecule has 3 aliphatic rings. The first-order chi connectivity index (χ1) is 6.22. The van der Waals surface area contributed by atoms with Crippen molar-refractivity contribution in [3.63, 3.8) is 0 Å². The summed E-state index contributed by atoms with van der Waals surface area (Å²) in [6, 6.07) is 0. The van der Waals surface area contributed by atoms with Gasteiger partial charge in [-0.1, -0.05) is 0 Å². The Bertz CT molecular complexity index is 208. The van der Waals surface area contributed by atoms with Crippen LogP contribution in [0.5, 0.6) is 0 Å². The van der Waals surface area contributed by atoms with Crippen LogP contribution in [0.2, 0.25) is 0 Å². The number of likely N-dealkylation sites (N-methyl/N-ethyl adjacent to an activating group) is 1. The van der Waals surface area contributed by atoms with Crippen molar-refractivity contribution in [2.45, 2.75) is 12.5 Å². The van der Waals surface area contributed by atoms with Crippen molar-refractivity contribution in [1.82, 2.24) is 10.2 Å². The van der Waals surface area contributed by atoms with E-state index in [0.717, 1.165) is 19.5 Å². The van der Waals surface area contributed by atoms with E-state index >= 15 is 0 Å². The Kier molecular flexibility index (Phi) is 2.26. The number of amides is 1. The molecule has 1 aliphatic carbocycles. The van der Waals surface area contributed by atoms with Crippen LogP contribution in [0.25, 0.3) is 0 Å². The number of carbonyl (C=O) groups is 1. The third kappa shape index (κ3) is 1.44. The topological polar surface area (TPSA) is 52.6 Å². The number of carbonyl (C=O) groups excluding carboxylic acids is 1. The standard InChI is InChI=1S/C9H16N2O2/c1-10-3-8(12)11-4-6-2-7(5-11)9(6)13/h6-7,9-10,13H,2-5H2,1H3/t6-,7+,9?. The second-order valence-corrected chi connectivity index (χ2v) is 4.08. The molecule has 3 rings (SSSR count). The lowest BCUT2D eigenvalue weighted by molar-refractivity contribution is -0.149. The Labute approximate surface area is 77.9 Å². The molecular formula is C9H16N2O2. The fraction of sp³-hybridized carbons (Fsp3) is 0.889. The van der Waals surface area contributed by atoms with Crippen molar-refractivity contribution >= 4 is 5.91 Å². The molecule has 2 saturated heterocycles. The Morgan fingerprint density at radius 1 is 1.54 bits per heavy atom. The second-order valence-electron chi connectivity index (χ2n) is 4.08. The molecule has 2 aliphatic heterocycles. The van der Waals surface area contributed by atoms with E-state index in [9.17, 15) is 9.90 Å². The van der Waals surface area contributed by atoms with Gasteiger partial charge in [-0.05, 0) is 13.5 Å². The molecule has 4 heteroatoms. The predicted molar refractivity (Wildman–Crippen MR) is 48.1 cm³/mol. The lowest BCUT2D eigenvalue weighted by atomic mass is 9.68. The third-order valence-electron chi connectivity index (χ3n) is 3.16. The summed E-state index contributed by atoms with van der Waals surface area (Å²) in [7, 11) is 1.78. The summed E-state index contributed by atoms with van der Waals surface area (Å²) in [4.78, 5) is 13.3. The molecule has 0 radical (unpaired) electrons. The van der Waals surface area contributed by atoms with Gasteiger partial charge >= 0.3 is 0 Å². The number of aliphatic hydroxyl groups is 1. The largest absolute Gasteiger partial charge is 0.392 e. The van der Waals surface area contributed by atoms with Gasteiger partial charge < -0.3 is 15.3 Å². The van der Waals surface area contributed by atoms with Gasteiger partial charge in [-0.3, -0.25) is 4.79 Å². The summed E-state index contributed by atoms with van der Waals surface area (Å²) in [6.45, 7) is 1.91. The molecule has 0 aromatic rings. The third-order valence-corrected chi connectivity index (χ3v) is 3.16. The highest BCUT2D eigenvalue weighted by molar-refractivity contribution is 5.78. The molecule has 0 spiro atoms. The summed E-state index contributed by atoms with van der Waals surface area (Å²) >= 11 is 0. The molecule has 1 amide bonds. The van der Waals surface area contributed by atoms with Gasteiger partial charge in [0.25, 0.3) is 0 Å². The lowest BCUT2D eigenvalue weighted by Gasteiger charge is -2.51. The Balaban J connectivity index is 1.88. The molecule has 74 valence electrons. The first-order valence-corrected chi connectivity index (χ1v) is 4.83. The van der Waals surface area contributed by atoms with E-state index in [1.165, 1.54) is 0 Å². The van der Waals surface area contributed by atoms with E-state index in [4.69, 9.17) is 0 Å². The van der Waals surface area contributed by atoms with Crippen LogP contribution in [-0.2, 0) is 4.79 Å². The fourth-order valence-corrected chi connectivity index (χ4v) is 2.33. The second kappa shape index (κ2) is 3.27. The zero-order valence-electron chi connectivity index (χ0n) is 7.86. The first-order valence-electron chi connectivity index (χ1n) is 4.83. The number of nitrogens with one attached hydrogen (secondary N) is 1. The van der Waals surface area contributed by atoms with Crippen molar-refractivity contribution in [2.24, 2.45) is 11.8 Å². The molecular weight excluding hydrogens is 168 g/mol. The van der Waals surface area contributed by atoms with Gasteiger partial charge in [0.1, 0.15) is 0 Å². The van der Waals surface area contributed by atoms with E-state index in [1.807, 2.05) is 4.90 Å². The van der Waals surface area contributed by atoms with Crippen LogP contribution in [0.4, 0.5) is 0 Å². The molecule has 13 heavy (non-hydrogen) atoms. The zero-order chi connectivity index (χ0) is 9.42. The van der Waals surface area contributed by atoms with E-state index in [2.05, 4.69) is 5.32 Å². The molecule has 4 nitrogen and oxygen atoms in total. The van der Waals surface area contributed by atoms with Gasteiger partial charge in [-0.15, -0.1) is 0 Å². The minimum Gasteiger partial charge on any atom is -0.392 e. The SMILES string of the molecule is CNCC(=O)N1C[C@H]2C[C@@H](C1)C2O. The molecule has 2 heterocycles. The molecule has 1 saturated carbocycles. The van der Waals surface area contributed by atoms with Crippen molar-refractivity contribution in [2.75, 3.05) is 26.7 Å². The van der Waals surface area contributed by atoms with Crippen LogP contribution < -0.4 is 5.32 Å². The first kappa shape index (κ1) is 8.97. The number of piperidine rings is 2. The van der Waals surface area contributed by atoms with E-state index < -0.39 is 0 Å². The summed E-state index contributed by atoms with van der Waals surface area (Å²) in [6.07, 6.45) is 0.962. The van der Waals surface area contributed by atoms with Crippen LogP contribution in [0.15, 0.2) is 0 Å². The zero-order valence-corrected chi connectivity index (χ0v) is 7.86. The van der Waals surface area contributed by atoms with Crippen LogP contribution >= 0.6 is 0 Å². The highest BCUT2D eigenvalue weighted by atomic mass is 16.3. The Morgan fingerprint density at radius 3 is 2.62 bits per heavy atom. The highest BCUT2D eigenvalue weighted by Gasteiger charge is 2.46. The van der Waals surface area contributed by atoms with Crippen molar-refractivity contribution in [3.8, 4) is 0 Å². The Hall–Kier alpha value is -0.610. The highest BCUT2D eigenvalue weighted by Crippen LogP contribution is 2.39.